The first kappa shape index (κ1) is 23.4. The standard InChI is InChI=1S/C25H22ClN3O4S/c1-31-20-10-8-19(9-11-20)28-25-29(21(15-34-25)17-4-6-18(26)7-5-17)27-14-16-12-22(32-2)24(30)23(13-16)33-3/h4-15,30H,1-3H3/b27-14+,28-25?. The number of halogens is 1. The van der Waals surface area contributed by atoms with Gasteiger partial charge in [0.2, 0.25) is 10.6 Å². The summed E-state index contributed by atoms with van der Waals surface area (Å²) in [6.45, 7) is 0. The molecule has 3 aromatic carbocycles. The van der Waals surface area contributed by atoms with E-state index in [1.54, 1.807) is 30.1 Å². The molecule has 0 spiro atoms. The van der Waals surface area contributed by atoms with Crippen LogP contribution >= 0.6 is 22.9 Å². The van der Waals surface area contributed by atoms with E-state index in [-0.39, 0.29) is 17.2 Å². The van der Waals surface area contributed by atoms with Crippen molar-refractivity contribution < 1.29 is 19.3 Å². The fourth-order valence-electron chi connectivity index (χ4n) is 3.19. The van der Waals surface area contributed by atoms with E-state index in [4.69, 9.17) is 35.9 Å². The lowest BCUT2D eigenvalue weighted by Gasteiger charge is -2.09. The van der Waals surface area contributed by atoms with Gasteiger partial charge in [0.1, 0.15) is 5.75 Å². The highest BCUT2D eigenvalue weighted by Crippen LogP contribution is 2.36. The summed E-state index contributed by atoms with van der Waals surface area (Å²) < 4.78 is 17.5. The Bertz CT molecular complexity index is 1350. The average molecular weight is 496 g/mol. The number of methoxy groups -OCH3 is 3. The van der Waals surface area contributed by atoms with Gasteiger partial charge in [0.05, 0.1) is 38.9 Å². The van der Waals surface area contributed by atoms with Gasteiger partial charge in [-0.05, 0) is 48.5 Å². The molecule has 0 bridgehead atoms. The molecule has 0 fully saturated rings. The molecule has 0 aliphatic carbocycles. The lowest BCUT2D eigenvalue weighted by Crippen LogP contribution is -2.11. The Balaban J connectivity index is 1.82. The van der Waals surface area contributed by atoms with E-state index in [0.29, 0.717) is 15.4 Å². The van der Waals surface area contributed by atoms with Crippen LogP contribution < -0.4 is 19.0 Å². The van der Waals surface area contributed by atoms with Crippen molar-refractivity contribution >= 4 is 34.8 Å². The van der Waals surface area contributed by atoms with Gasteiger partial charge in [-0.15, -0.1) is 11.3 Å². The molecule has 0 aliphatic heterocycles. The first-order chi connectivity index (χ1) is 16.5. The first-order valence-electron chi connectivity index (χ1n) is 10.2. The molecule has 174 valence electrons. The molecule has 7 nitrogen and oxygen atoms in total. The van der Waals surface area contributed by atoms with Crippen molar-refractivity contribution in [1.82, 2.24) is 4.68 Å². The molecular weight excluding hydrogens is 474 g/mol. The number of hydrogen-bond donors (Lipinski definition) is 1. The smallest absolute Gasteiger partial charge is 0.211 e. The van der Waals surface area contributed by atoms with Crippen molar-refractivity contribution in [3.63, 3.8) is 0 Å². The summed E-state index contributed by atoms with van der Waals surface area (Å²) >= 11 is 7.54. The lowest BCUT2D eigenvalue weighted by molar-refractivity contribution is 0.340. The number of aromatic nitrogens is 1. The molecule has 0 unspecified atom stereocenters. The second-order valence-corrected chi connectivity index (χ2v) is 8.32. The highest BCUT2D eigenvalue weighted by atomic mass is 35.5. The average Bonchev–Trinajstić information content (AvgIpc) is 3.26. The maximum absolute atomic E-state index is 10.2. The summed E-state index contributed by atoms with van der Waals surface area (Å²) in [5.41, 5.74) is 3.24. The fourth-order valence-corrected chi connectivity index (χ4v) is 4.17. The third-order valence-electron chi connectivity index (χ3n) is 4.95. The number of nitrogens with zero attached hydrogens (tertiary/aromatic N) is 3. The van der Waals surface area contributed by atoms with Crippen molar-refractivity contribution in [3.8, 4) is 34.3 Å². The van der Waals surface area contributed by atoms with Gasteiger partial charge in [-0.1, -0.05) is 23.7 Å². The zero-order valence-electron chi connectivity index (χ0n) is 18.7. The Labute approximate surface area is 205 Å². The molecule has 0 saturated heterocycles. The Morgan fingerprint density at radius 2 is 1.56 bits per heavy atom. The van der Waals surface area contributed by atoms with E-state index >= 15 is 0 Å². The van der Waals surface area contributed by atoms with Crippen LogP contribution in [0.4, 0.5) is 5.69 Å². The van der Waals surface area contributed by atoms with E-state index in [9.17, 15) is 5.11 Å². The normalized spacial score (nSPS) is 11.7. The van der Waals surface area contributed by atoms with Crippen LogP contribution in [0.3, 0.4) is 0 Å². The molecule has 0 saturated carbocycles. The monoisotopic (exact) mass is 495 g/mol. The third kappa shape index (κ3) is 5.08. The van der Waals surface area contributed by atoms with Crippen LogP contribution in [0, 0.1) is 0 Å². The molecule has 4 rings (SSSR count). The van der Waals surface area contributed by atoms with Crippen molar-refractivity contribution in [1.29, 1.82) is 0 Å². The van der Waals surface area contributed by atoms with Crippen LogP contribution in [0.2, 0.25) is 5.02 Å². The minimum Gasteiger partial charge on any atom is -0.502 e. The Morgan fingerprint density at radius 1 is 0.912 bits per heavy atom. The van der Waals surface area contributed by atoms with Crippen LogP contribution in [0.1, 0.15) is 5.56 Å². The van der Waals surface area contributed by atoms with Crippen LogP contribution in [-0.2, 0) is 0 Å². The maximum atomic E-state index is 10.2. The van der Waals surface area contributed by atoms with E-state index in [1.165, 1.54) is 25.6 Å². The topological polar surface area (TPSA) is 77.6 Å². The molecule has 0 atom stereocenters. The van der Waals surface area contributed by atoms with Crippen LogP contribution in [0.5, 0.6) is 23.0 Å². The second-order valence-electron chi connectivity index (χ2n) is 7.05. The van der Waals surface area contributed by atoms with Gasteiger partial charge in [0.15, 0.2) is 11.5 Å². The SMILES string of the molecule is COc1ccc(N=c2scc(-c3ccc(Cl)cc3)n2/N=C/c2cc(OC)c(O)c(OC)c2)cc1. The predicted molar refractivity (Wildman–Crippen MR) is 135 cm³/mol. The zero-order valence-corrected chi connectivity index (χ0v) is 20.3. The van der Waals surface area contributed by atoms with E-state index in [2.05, 4.69) is 0 Å². The molecule has 1 heterocycles. The van der Waals surface area contributed by atoms with Crippen LogP contribution in [-0.4, -0.2) is 37.3 Å². The minimum atomic E-state index is -0.0672. The first-order valence-corrected chi connectivity index (χ1v) is 11.4. The van der Waals surface area contributed by atoms with E-state index < -0.39 is 0 Å². The van der Waals surface area contributed by atoms with Gasteiger partial charge < -0.3 is 19.3 Å². The quantitative estimate of drug-likeness (QED) is 0.333. The molecule has 4 aromatic rings. The molecule has 0 aliphatic rings. The summed E-state index contributed by atoms with van der Waals surface area (Å²) in [6, 6.07) is 18.4. The van der Waals surface area contributed by atoms with E-state index in [0.717, 1.165) is 22.7 Å². The van der Waals surface area contributed by atoms with Gasteiger partial charge in [-0.2, -0.15) is 5.10 Å². The number of phenols is 1. The number of aromatic hydroxyl groups is 1. The minimum absolute atomic E-state index is 0.0672. The number of benzene rings is 3. The molecule has 0 amide bonds. The van der Waals surface area contributed by atoms with Gasteiger partial charge in [0, 0.05) is 21.5 Å². The third-order valence-corrected chi connectivity index (χ3v) is 6.02. The summed E-state index contributed by atoms with van der Waals surface area (Å²) in [5.74, 6) is 1.27. The Morgan fingerprint density at radius 3 is 2.15 bits per heavy atom. The van der Waals surface area contributed by atoms with Gasteiger partial charge in [-0.25, -0.2) is 9.67 Å². The van der Waals surface area contributed by atoms with Gasteiger partial charge >= 0.3 is 0 Å². The van der Waals surface area contributed by atoms with Crippen molar-refractivity contribution in [2.75, 3.05) is 21.3 Å². The number of ether oxygens (including phenoxy) is 3. The maximum Gasteiger partial charge on any atom is 0.211 e. The largest absolute Gasteiger partial charge is 0.502 e. The summed E-state index contributed by atoms with van der Waals surface area (Å²) in [7, 11) is 4.58. The molecule has 9 heteroatoms. The summed E-state index contributed by atoms with van der Waals surface area (Å²) in [5, 5.41) is 17.5. The summed E-state index contributed by atoms with van der Waals surface area (Å²) in [4.78, 5) is 5.44. The predicted octanol–water partition coefficient (Wildman–Crippen LogP) is 5.72. The number of thiazole rings is 1. The van der Waals surface area contributed by atoms with Gasteiger partial charge in [0.25, 0.3) is 0 Å². The second kappa shape index (κ2) is 10.5. The van der Waals surface area contributed by atoms with Crippen LogP contribution in [0.25, 0.3) is 11.3 Å². The lowest BCUT2D eigenvalue weighted by atomic mass is 10.2. The Hall–Kier alpha value is -3.75. The van der Waals surface area contributed by atoms with Crippen molar-refractivity contribution in [2.45, 2.75) is 0 Å². The fraction of sp³-hybridized carbons (Fsp3) is 0.120. The number of hydrogen-bond acceptors (Lipinski definition) is 7. The molecule has 34 heavy (non-hydrogen) atoms. The van der Waals surface area contributed by atoms with Crippen molar-refractivity contribution in [2.24, 2.45) is 10.1 Å². The van der Waals surface area contributed by atoms with Crippen LogP contribution in [0.15, 0.2) is 76.1 Å². The number of phenolic OH excluding ortho intramolecular Hbond substituents is 1. The zero-order chi connectivity index (χ0) is 24.1. The molecule has 1 aromatic heterocycles. The van der Waals surface area contributed by atoms with E-state index in [1.807, 2.05) is 53.9 Å². The molecule has 1 N–H and O–H groups in total. The summed E-state index contributed by atoms with van der Waals surface area (Å²) in [6.07, 6.45) is 1.66. The van der Waals surface area contributed by atoms with Gasteiger partial charge in [-0.3, -0.25) is 0 Å². The number of rotatable bonds is 7. The highest BCUT2D eigenvalue weighted by molar-refractivity contribution is 7.07. The molecule has 0 radical (unpaired) electrons. The van der Waals surface area contributed by atoms with Crippen molar-refractivity contribution in [3.05, 3.63) is 81.4 Å². The molecular formula is C25H22ClN3O4S. The Kier molecular flexibility index (Phi) is 7.20. The highest BCUT2D eigenvalue weighted by Gasteiger charge is 2.11.